The number of carbonyl (C=O) groups excluding carboxylic acids is 2. The van der Waals surface area contributed by atoms with Crippen LogP contribution in [0.3, 0.4) is 0 Å². The van der Waals surface area contributed by atoms with Gasteiger partial charge in [0.25, 0.3) is 5.91 Å². The van der Waals surface area contributed by atoms with E-state index in [1.165, 1.54) is 26.5 Å². The number of benzene rings is 1. The molecule has 0 fully saturated rings. The van der Waals surface area contributed by atoms with Gasteiger partial charge in [0.05, 0.1) is 26.0 Å². The first-order valence-electron chi connectivity index (χ1n) is 5.74. The number of halogens is 1. The average Bonchev–Trinajstić information content (AvgIpc) is 2.94. The summed E-state index contributed by atoms with van der Waals surface area (Å²) in [7, 11) is 2.73. The van der Waals surface area contributed by atoms with Crippen LogP contribution in [0.1, 0.15) is 20.0 Å². The molecule has 1 aromatic heterocycles. The van der Waals surface area contributed by atoms with Crippen LogP contribution in [0.15, 0.2) is 24.4 Å². The molecule has 21 heavy (non-hydrogen) atoms. The summed E-state index contributed by atoms with van der Waals surface area (Å²) < 4.78 is 9.68. The van der Waals surface area contributed by atoms with Gasteiger partial charge in [0, 0.05) is 5.02 Å². The summed E-state index contributed by atoms with van der Waals surface area (Å²) in [6.07, 6.45) is 1.33. The lowest BCUT2D eigenvalue weighted by Crippen LogP contribution is -2.13. The normalized spacial score (nSPS) is 10.0. The average molecular weight is 327 g/mol. The SMILES string of the molecule is COC(=O)c1cnc(NC(=O)c2cc(Cl)ccc2OC)s1. The Bertz CT molecular complexity index is 687. The monoisotopic (exact) mass is 326 g/mol. The molecule has 110 valence electrons. The van der Waals surface area contributed by atoms with Gasteiger partial charge in [-0.15, -0.1) is 0 Å². The predicted molar refractivity (Wildman–Crippen MR) is 79.4 cm³/mol. The fourth-order valence-electron chi connectivity index (χ4n) is 1.55. The molecule has 0 saturated heterocycles. The fraction of sp³-hybridized carbons (Fsp3) is 0.154. The lowest BCUT2D eigenvalue weighted by atomic mass is 10.2. The molecule has 0 aliphatic heterocycles. The Morgan fingerprint density at radius 2 is 2.10 bits per heavy atom. The minimum atomic E-state index is -0.506. The van der Waals surface area contributed by atoms with E-state index in [2.05, 4.69) is 15.0 Å². The van der Waals surface area contributed by atoms with E-state index in [1.807, 2.05) is 0 Å². The van der Waals surface area contributed by atoms with Crippen LogP contribution in [0, 0.1) is 0 Å². The van der Waals surface area contributed by atoms with E-state index < -0.39 is 11.9 Å². The second kappa shape index (κ2) is 6.55. The van der Waals surface area contributed by atoms with Crippen LogP contribution in [0.25, 0.3) is 0 Å². The van der Waals surface area contributed by atoms with Gasteiger partial charge in [-0.25, -0.2) is 9.78 Å². The van der Waals surface area contributed by atoms with Gasteiger partial charge >= 0.3 is 5.97 Å². The van der Waals surface area contributed by atoms with Crippen molar-refractivity contribution in [1.29, 1.82) is 0 Å². The summed E-state index contributed by atoms with van der Waals surface area (Å²) in [5.41, 5.74) is 0.278. The molecule has 0 radical (unpaired) electrons. The summed E-state index contributed by atoms with van der Waals surface area (Å²) in [5.74, 6) is -0.546. The molecule has 1 heterocycles. The number of hydrogen-bond acceptors (Lipinski definition) is 6. The van der Waals surface area contributed by atoms with E-state index >= 15 is 0 Å². The number of nitrogens with one attached hydrogen (secondary N) is 1. The zero-order chi connectivity index (χ0) is 15.4. The highest BCUT2D eigenvalue weighted by atomic mass is 35.5. The van der Waals surface area contributed by atoms with Gasteiger partial charge in [-0.1, -0.05) is 22.9 Å². The minimum absolute atomic E-state index is 0.278. The molecule has 8 heteroatoms. The molecule has 0 aliphatic carbocycles. The second-order valence-electron chi connectivity index (χ2n) is 3.82. The van der Waals surface area contributed by atoms with Crippen LogP contribution in [-0.4, -0.2) is 31.1 Å². The molecule has 2 aromatic rings. The van der Waals surface area contributed by atoms with E-state index in [0.717, 1.165) is 11.3 Å². The van der Waals surface area contributed by atoms with Gasteiger partial charge < -0.3 is 9.47 Å². The predicted octanol–water partition coefficient (Wildman–Crippen LogP) is 2.84. The van der Waals surface area contributed by atoms with Crippen LogP contribution in [0.2, 0.25) is 5.02 Å². The van der Waals surface area contributed by atoms with Crippen molar-refractivity contribution < 1.29 is 19.1 Å². The van der Waals surface area contributed by atoms with Crippen molar-refractivity contribution in [1.82, 2.24) is 4.98 Å². The van der Waals surface area contributed by atoms with Gasteiger partial charge in [-0.2, -0.15) is 0 Å². The van der Waals surface area contributed by atoms with Crippen LogP contribution < -0.4 is 10.1 Å². The van der Waals surface area contributed by atoms with E-state index in [0.29, 0.717) is 15.6 Å². The molecule has 0 bridgehead atoms. The summed E-state index contributed by atoms with van der Waals surface area (Å²) in [6.45, 7) is 0. The molecule has 1 aromatic carbocycles. The largest absolute Gasteiger partial charge is 0.496 e. The molecule has 0 unspecified atom stereocenters. The second-order valence-corrected chi connectivity index (χ2v) is 5.29. The number of thiazole rings is 1. The molecular weight excluding hydrogens is 316 g/mol. The zero-order valence-electron chi connectivity index (χ0n) is 11.2. The highest BCUT2D eigenvalue weighted by molar-refractivity contribution is 7.17. The Balaban J connectivity index is 2.20. The van der Waals surface area contributed by atoms with Crippen LogP contribution in [0.4, 0.5) is 5.13 Å². The Morgan fingerprint density at radius 3 is 2.76 bits per heavy atom. The van der Waals surface area contributed by atoms with E-state index in [4.69, 9.17) is 16.3 Å². The maximum absolute atomic E-state index is 12.2. The van der Waals surface area contributed by atoms with Crippen molar-refractivity contribution in [2.24, 2.45) is 0 Å². The van der Waals surface area contributed by atoms with E-state index in [1.54, 1.807) is 12.1 Å². The number of rotatable bonds is 4. The molecule has 1 amide bonds. The van der Waals surface area contributed by atoms with Crippen molar-refractivity contribution in [2.45, 2.75) is 0 Å². The lowest BCUT2D eigenvalue weighted by molar-refractivity contribution is 0.0606. The highest BCUT2D eigenvalue weighted by Gasteiger charge is 2.16. The summed E-state index contributed by atoms with van der Waals surface area (Å²) in [4.78, 5) is 27.8. The first-order valence-corrected chi connectivity index (χ1v) is 6.93. The number of methoxy groups -OCH3 is 2. The van der Waals surface area contributed by atoms with Crippen molar-refractivity contribution in [3.05, 3.63) is 39.9 Å². The third kappa shape index (κ3) is 3.50. The molecular formula is C13H11ClN2O4S. The molecule has 0 saturated carbocycles. The highest BCUT2D eigenvalue weighted by Crippen LogP contribution is 2.25. The lowest BCUT2D eigenvalue weighted by Gasteiger charge is -2.08. The van der Waals surface area contributed by atoms with Crippen LogP contribution in [0.5, 0.6) is 5.75 Å². The molecule has 6 nitrogen and oxygen atoms in total. The molecule has 1 N–H and O–H groups in total. The molecule has 0 atom stereocenters. The van der Waals surface area contributed by atoms with Crippen LogP contribution in [-0.2, 0) is 4.74 Å². The number of nitrogens with zero attached hydrogens (tertiary/aromatic N) is 1. The number of anilines is 1. The standard InChI is InChI=1S/C13H11ClN2O4S/c1-19-9-4-3-7(14)5-8(9)11(17)16-13-15-6-10(21-13)12(18)20-2/h3-6H,1-2H3,(H,15,16,17). The summed E-state index contributed by atoms with van der Waals surface area (Å²) in [5, 5.41) is 3.27. The van der Waals surface area contributed by atoms with Crippen LogP contribution >= 0.6 is 22.9 Å². The van der Waals surface area contributed by atoms with Crippen molar-refractivity contribution in [2.75, 3.05) is 19.5 Å². The number of ether oxygens (including phenoxy) is 2. The number of aromatic nitrogens is 1. The Hall–Kier alpha value is -2.12. The first-order chi connectivity index (χ1) is 10.0. The number of hydrogen-bond donors (Lipinski definition) is 1. The third-order valence-corrected chi connectivity index (χ3v) is 3.65. The van der Waals surface area contributed by atoms with Crippen molar-refractivity contribution in [3.63, 3.8) is 0 Å². The number of amides is 1. The Morgan fingerprint density at radius 1 is 1.33 bits per heavy atom. The molecule has 2 rings (SSSR count). The number of esters is 1. The summed E-state index contributed by atoms with van der Waals surface area (Å²) in [6, 6.07) is 4.71. The van der Waals surface area contributed by atoms with Crippen molar-refractivity contribution in [3.8, 4) is 5.75 Å². The van der Waals surface area contributed by atoms with Gasteiger partial charge in [-0.3, -0.25) is 10.1 Å². The van der Waals surface area contributed by atoms with E-state index in [9.17, 15) is 9.59 Å². The zero-order valence-corrected chi connectivity index (χ0v) is 12.7. The topological polar surface area (TPSA) is 77.5 Å². The minimum Gasteiger partial charge on any atom is -0.496 e. The van der Waals surface area contributed by atoms with Gasteiger partial charge in [0.15, 0.2) is 5.13 Å². The first kappa shape index (κ1) is 15.3. The van der Waals surface area contributed by atoms with E-state index in [-0.39, 0.29) is 10.7 Å². The maximum atomic E-state index is 12.2. The Kier molecular flexibility index (Phi) is 4.77. The van der Waals surface area contributed by atoms with Gasteiger partial charge in [-0.05, 0) is 18.2 Å². The summed E-state index contributed by atoms with van der Waals surface area (Å²) >= 11 is 6.89. The molecule has 0 aliphatic rings. The quantitative estimate of drug-likeness (QED) is 0.874. The third-order valence-electron chi connectivity index (χ3n) is 2.52. The maximum Gasteiger partial charge on any atom is 0.349 e. The fourth-order valence-corrected chi connectivity index (χ4v) is 2.45. The number of carbonyl (C=O) groups is 2. The van der Waals surface area contributed by atoms with Crippen molar-refractivity contribution >= 4 is 39.9 Å². The molecule has 0 spiro atoms. The van der Waals surface area contributed by atoms with Gasteiger partial charge in [0.1, 0.15) is 10.6 Å². The van der Waals surface area contributed by atoms with Gasteiger partial charge in [0.2, 0.25) is 0 Å². The smallest absolute Gasteiger partial charge is 0.349 e. The Labute approximate surface area is 129 Å².